The van der Waals surface area contributed by atoms with Crippen LogP contribution >= 0.6 is 28.3 Å². The summed E-state index contributed by atoms with van der Waals surface area (Å²) >= 11 is 1.59. The molecule has 7 heteroatoms. The Hall–Kier alpha value is -1.73. The molecule has 2 heterocycles. The van der Waals surface area contributed by atoms with Crippen molar-refractivity contribution >= 4 is 40.1 Å². The summed E-state index contributed by atoms with van der Waals surface area (Å²) in [7, 11) is 1.97. The molecule has 1 aliphatic carbocycles. The zero-order chi connectivity index (χ0) is 18.1. The average molecular weight is 450 g/mol. The fourth-order valence-electron chi connectivity index (χ4n) is 3.75. The second-order valence-corrected chi connectivity index (χ2v) is 7.92. The molecule has 0 bridgehead atoms. The highest BCUT2D eigenvalue weighted by Gasteiger charge is 2.35. The number of nitrogens with zero attached hydrogens (tertiary/aromatic N) is 3. The van der Waals surface area contributed by atoms with Gasteiger partial charge in [-0.2, -0.15) is 0 Å². The molecule has 1 aliphatic heterocycles. The van der Waals surface area contributed by atoms with Gasteiger partial charge >= 0.3 is 0 Å². The fourth-order valence-corrected chi connectivity index (χ4v) is 4.71. The molecule has 0 N–H and O–H groups in total. The summed E-state index contributed by atoms with van der Waals surface area (Å²) in [5.41, 5.74) is 1.94. The van der Waals surface area contributed by atoms with Crippen LogP contribution in [0.1, 0.15) is 64.9 Å². The molecule has 1 fully saturated rings. The van der Waals surface area contributed by atoms with E-state index < -0.39 is 0 Å². The van der Waals surface area contributed by atoms with Crippen LogP contribution < -0.4 is 4.80 Å². The summed E-state index contributed by atoms with van der Waals surface area (Å²) in [6, 6.07) is 7.42. The molecule has 2 aliphatic rings. The van der Waals surface area contributed by atoms with Crippen molar-refractivity contribution in [3.8, 4) is 0 Å². The third-order valence-electron chi connectivity index (χ3n) is 5.33. The first-order chi connectivity index (χ1) is 12.6. The highest BCUT2D eigenvalue weighted by molar-refractivity contribution is 8.93. The molecular weight excluding hydrogens is 426 g/mol. The van der Waals surface area contributed by atoms with Crippen LogP contribution in [-0.4, -0.2) is 27.3 Å². The van der Waals surface area contributed by atoms with Gasteiger partial charge in [-0.1, -0.05) is 37.8 Å². The maximum Gasteiger partial charge on any atom is 0.261 e. The summed E-state index contributed by atoms with van der Waals surface area (Å²) < 4.78 is 2.03. The highest BCUT2D eigenvalue weighted by atomic mass is 79.9. The zero-order valence-electron chi connectivity index (χ0n) is 15.4. The number of thiazole rings is 1. The van der Waals surface area contributed by atoms with E-state index in [1.54, 1.807) is 35.6 Å². The van der Waals surface area contributed by atoms with Gasteiger partial charge in [-0.25, -0.2) is 0 Å². The molecule has 2 amide bonds. The van der Waals surface area contributed by atoms with Gasteiger partial charge in [0, 0.05) is 18.1 Å². The van der Waals surface area contributed by atoms with E-state index in [4.69, 9.17) is 4.99 Å². The van der Waals surface area contributed by atoms with E-state index in [0.717, 1.165) is 23.3 Å². The first kappa shape index (κ1) is 20.0. The van der Waals surface area contributed by atoms with Crippen LogP contribution in [-0.2, 0) is 13.6 Å². The quantitative estimate of drug-likeness (QED) is 0.523. The van der Waals surface area contributed by atoms with E-state index in [-0.39, 0.29) is 28.8 Å². The summed E-state index contributed by atoms with van der Waals surface area (Å²) in [5.74, 6) is -0.418. The standard InChI is InChI=1S/C20H23N3O2S.BrH/c1-22-15(13-26-20(22)21-14-8-4-2-3-5-9-14)12-23-18(24)16-10-6-7-11-17(16)19(23)25;/h6-7,10-11,13-14H,2-5,8-9,12H2,1H3;1H. The average Bonchev–Trinajstić information content (AvgIpc) is 2.97. The Balaban J connectivity index is 0.00000210. The minimum atomic E-state index is -0.209. The second-order valence-electron chi connectivity index (χ2n) is 7.09. The third kappa shape index (κ3) is 3.94. The Morgan fingerprint density at radius 3 is 2.22 bits per heavy atom. The number of halogens is 1. The van der Waals surface area contributed by atoms with E-state index in [0.29, 0.717) is 23.7 Å². The number of carbonyl (C=O) groups excluding carboxylic acids is 2. The summed E-state index contributed by atoms with van der Waals surface area (Å²) in [4.78, 5) is 32.4. The van der Waals surface area contributed by atoms with Crippen molar-refractivity contribution in [2.75, 3.05) is 0 Å². The van der Waals surface area contributed by atoms with Crippen molar-refractivity contribution in [3.05, 3.63) is 51.3 Å². The summed E-state index contributed by atoms with van der Waals surface area (Å²) in [6.45, 7) is 0.291. The van der Waals surface area contributed by atoms with Gasteiger partial charge in [-0.05, 0) is 25.0 Å². The van der Waals surface area contributed by atoms with E-state index in [2.05, 4.69) is 0 Å². The molecule has 4 rings (SSSR count). The van der Waals surface area contributed by atoms with Gasteiger partial charge in [0.15, 0.2) is 4.80 Å². The summed E-state index contributed by atoms with van der Waals surface area (Å²) in [6.07, 6.45) is 7.45. The highest BCUT2D eigenvalue weighted by Crippen LogP contribution is 2.24. The molecule has 27 heavy (non-hydrogen) atoms. The van der Waals surface area contributed by atoms with Crippen molar-refractivity contribution in [1.29, 1.82) is 0 Å². The first-order valence-corrected chi connectivity index (χ1v) is 10.2. The number of imide groups is 1. The lowest BCUT2D eigenvalue weighted by atomic mass is 10.1. The number of aromatic nitrogens is 1. The zero-order valence-corrected chi connectivity index (χ0v) is 17.9. The Kier molecular flexibility index (Phi) is 6.32. The molecule has 0 saturated heterocycles. The van der Waals surface area contributed by atoms with Crippen molar-refractivity contribution in [2.24, 2.45) is 12.0 Å². The first-order valence-electron chi connectivity index (χ1n) is 9.27. The van der Waals surface area contributed by atoms with Crippen LogP contribution in [0.2, 0.25) is 0 Å². The molecular formula is C20H24BrN3O2S. The molecule has 144 valence electrons. The Morgan fingerprint density at radius 2 is 1.63 bits per heavy atom. The van der Waals surface area contributed by atoms with Gasteiger partial charge < -0.3 is 4.57 Å². The number of benzene rings is 1. The van der Waals surface area contributed by atoms with E-state index in [1.807, 2.05) is 17.0 Å². The van der Waals surface area contributed by atoms with Crippen molar-refractivity contribution in [3.63, 3.8) is 0 Å². The Morgan fingerprint density at radius 1 is 1.04 bits per heavy atom. The number of carbonyl (C=O) groups is 2. The lowest BCUT2D eigenvalue weighted by Crippen LogP contribution is -2.31. The minimum absolute atomic E-state index is 0. The predicted octanol–water partition coefficient (Wildman–Crippen LogP) is 4.08. The van der Waals surface area contributed by atoms with E-state index in [1.165, 1.54) is 30.6 Å². The Labute approximate surface area is 173 Å². The molecule has 0 radical (unpaired) electrons. The molecule has 2 aromatic rings. The third-order valence-corrected chi connectivity index (χ3v) is 6.31. The maximum atomic E-state index is 12.6. The smallest absolute Gasteiger partial charge is 0.261 e. The molecule has 5 nitrogen and oxygen atoms in total. The number of fused-ring (bicyclic) bond motifs is 1. The van der Waals surface area contributed by atoms with Crippen molar-refractivity contribution in [1.82, 2.24) is 9.47 Å². The van der Waals surface area contributed by atoms with E-state index >= 15 is 0 Å². The predicted molar refractivity (Wildman–Crippen MR) is 111 cm³/mol. The summed E-state index contributed by atoms with van der Waals surface area (Å²) in [5, 5.41) is 2.01. The molecule has 1 aromatic heterocycles. The van der Waals surface area contributed by atoms with Gasteiger partial charge in [0.2, 0.25) is 0 Å². The van der Waals surface area contributed by atoms with Gasteiger partial charge in [-0.3, -0.25) is 19.5 Å². The SMILES string of the molecule is Br.Cn1c(CN2C(=O)c3ccccc3C2=O)csc1=NC1CCCCCC1. The fraction of sp³-hybridized carbons (Fsp3) is 0.450. The van der Waals surface area contributed by atoms with Crippen LogP contribution in [0.5, 0.6) is 0 Å². The van der Waals surface area contributed by atoms with Crippen molar-refractivity contribution in [2.45, 2.75) is 51.1 Å². The normalized spacial score (nSPS) is 18.4. The van der Waals surface area contributed by atoms with Crippen LogP contribution in [0.3, 0.4) is 0 Å². The molecule has 0 unspecified atom stereocenters. The lowest BCUT2D eigenvalue weighted by molar-refractivity contribution is 0.0639. The number of rotatable bonds is 3. The monoisotopic (exact) mass is 449 g/mol. The van der Waals surface area contributed by atoms with Gasteiger partial charge in [0.25, 0.3) is 11.8 Å². The molecule has 0 atom stereocenters. The second kappa shape index (κ2) is 8.52. The number of hydrogen-bond donors (Lipinski definition) is 0. The molecule has 0 spiro atoms. The molecule has 1 aromatic carbocycles. The number of amides is 2. The minimum Gasteiger partial charge on any atom is -0.322 e. The van der Waals surface area contributed by atoms with E-state index in [9.17, 15) is 9.59 Å². The van der Waals surface area contributed by atoms with Crippen LogP contribution in [0.25, 0.3) is 0 Å². The van der Waals surface area contributed by atoms with Crippen molar-refractivity contribution < 1.29 is 9.59 Å². The Bertz CT molecular complexity index is 875. The largest absolute Gasteiger partial charge is 0.322 e. The maximum absolute atomic E-state index is 12.6. The van der Waals surface area contributed by atoms with Crippen LogP contribution in [0.4, 0.5) is 0 Å². The van der Waals surface area contributed by atoms with Crippen LogP contribution in [0.15, 0.2) is 34.6 Å². The van der Waals surface area contributed by atoms with Gasteiger partial charge in [-0.15, -0.1) is 28.3 Å². The topological polar surface area (TPSA) is 54.7 Å². The lowest BCUT2D eigenvalue weighted by Gasteiger charge is -2.14. The van der Waals surface area contributed by atoms with Gasteiger partial charge in [0.05, 0.1) is 23.7 Å². The van der Waals surface area contributed by atoms with Gasteiger partial charge in [0.1, 0.15) is 0 Å². The molecule has 1 saturated carbocycles. The number of hydrogen-bond acceptors (Lipinski definition) is 4. The van der Waals surface area contributed by atoms with Crippen LogP contribution in [0, 0.1) is 0 Å².